The normalized spacial score (nSPS) is 13.8. The largest absolute Gasteiger partial charge is 1.00 e. The van der Waals surface area contributed by atoms with Crippen LogP contribution in [0.4, 0.5) is 0 Å². The Labute approximate surface area is 90.9 Å². The standard InChI is InChI=1S/C3H10NO4PS.Na/c4-1-3(5)2-10-9(6,7)8;/h3,5H,1-2,4H2,(H2,6,7,8);/q;+1. The van der Waals surface area contributed by atoms with Crippen molar-refractivity contribution in [1.29, 1.82) is 0 Å². The summed E-state index contributed by atoms with van der Waals surface area (Å²) in [6.45, 7) is -4.01. The fourth-order valence-corrected chi connectivity index (χ4v) is 1.85. The molecule has 5 N–H and O–H groups in total. The third-order valence-electron chi connectivity index (χ3n) is 0.707. The van der Waals surface area contributed by atoms with Gasteiger partial charge < -0.3 is 20.6 Å². The van der Waals surface area contributed by atoms with Crippen molar-refractivity contribution in [2.75, 3.05) is 12.3 Å². The van der Waals surface area contributed by atoms with Gasteiger partial charge >= 0.3 is 36.4 Å². The summed E-state index contributed by atoms with van der Waals surface area (Å²) in [7, 11) is 0. The molecule has 0 fully saturated rings. The molecule has 0 saturated carbocycles. The Morgan fingerprint density at radius 2 is 2.00 bits per heavy atom. The summed E-state index contributed by atoms with van der Waals surface area (Å²) >= 11 is 0.403. The van der Waals surface area contributed by atoms with Crippen molar-refractivity contribution < 1.29 is 49.0 Å². The summed E-state index contributed by atoms with van der Waals surface area (Å²) in [6, 6.07) is 0. The molecule has 0 spiro atoms. The summed E-state index contributed by atoms with van der Waals surface area (Å²) in [5.41, 5.74) is 4.99. The average molecular weight is 210 g/mol. The zero-order chi connectivity index (χ0) is 8.20. The van der Waals surface area contributed by atoms with Crippen molar-refractivity contribution in [3.63, 3.8) is 0 Å². The van der Waals surface area contributed by atoms with E-state index < -0.39 is 12.9 Å². The van der Waals surface area contributed by atoms with E-state index in [1.54, 1.807) is 0 Å². The van der Waals surface area contributed by atoms with Crippen molar-refractivity contribution in [2.45, 2.75) is 6.10 Å². The van der Waals surface area contributed by atoms with Crippen LogP contribution in [0.2, 0.25) is 0 Å². The van der Waals surface area contributed by atoms with Gasteiger partial charge in [0.15, 0.2) is 0 Å². The molecule has 0 aromatic carbocycles. The van der Waals surface area contributed by atoms with Crippen LogP contribution in [0.1, 0.15) is 0 Å². The van der Waals surface area contributed by atoms with Crippen molar-refractivity contribution in [3.05, 3.63) is 0 Å². The zero-order valence-electron chi connectivity index (χ0n) is 6.17. The van der Waals surface area contributed by atoms with E-state index in [1.807, 2.05) is 0 Å². The molecule has 8 heteroatoms. The molecule has 1 atom stereocenters. The van der Waals surface area contributed by atoms with E-state index in [2.05, 4.69) is 0 Å². The Morgan fingerprint density at radius 3 is 2.27 bits per heavy atom. The first-order valence-corrected chi connectivity index (χ1v) is 5.74. The van der Waals surface area contributed by atoms with Crippen LogP contribution in [0.15, 0.2) is 0 Å². The van der Waals surface area contributed by atoms with E-state index in [9.17, 15) is 4.57 Å². The van der Waals surface area contributed by atoms with E-state index in [-0.39, 0.29) is 41.9 Å². The fraction of sp³-hybridized carbons (Fsp3) is 1.00. The van der Waals surface area contributed by atoms with Crippen LogP contribution in [0.5, 0.6) is 0 Å². The summed E-state index contributed by atoms with van der Waals surface area (Å²) in [6.07, 6.45) is -0.836. The molecule has 0 rings (SSSR count). The smallest absolute Gasteiger partial charge is 0.391 e. The molecule has 0 aliphatic carbocycles. The van der Waals surface area contributed by atoms with Crippen LogP contribution in [0.25, 0.3) is 0 Å². The number of rotatable bonds is 4. The molecule has 0 aliphatic rings. The quantitative estimate of drug-likeness (QED) is 0.279. The monoisotopic (exact) mass is 210 g/mol. The van der Waals surface area contributed by atoms with Crippen molar-refractivity contribution in [2.24, 2.45) is 5.73 Å². The molecule has 1 unspecified atom stereocenters. The van der Waals surface area contributed by atoms with Gasteiger partial charge in [0.2, 0.25) is 0 Å². The Hall–Kier alpha value is 1.42. The Morgan fingerprint density at radius 1 is 1.55 bits per heavy atom. The molecular formula is C3H10NNaO4PS+. The molecule has 5 nitrogen and oxygen atoms in total. The van der Waals surface area contributed by atoms with Gasteiger partial charge in [-0.15, -0.1) is 0 Å². The first-order chi connectivity index (χ1) is 4.45. The summed E-state index contributed by atoms with van der Waals surface area (Å²) < 4.78 is 10.2. The Kier molecular flexibility index (Phi) is 9.34. The molecule has 11 heavy (non-hydrogen) atoms. The molecule has 0 aromatic heterocycles. The predicted molar refractivity (Wildman–Crippen MR) is 39.6 cm³/mol. The molecule has 0 aliphatic heterocycles. The van der Waals surface area contributed by atoms with Crippen LogP contribution < -0.4 is 35.3 Å². The van der Waals surface area contributed by atoms with Crippen molar-refractivity contribution >= 4 is 18.2 Å². The molecule has 62 valence electrons. The molecular weight excluding hydrogens is 200 g/mol. The van der Waals surface area contributed by atoms with E-state index in [0.717, 1.165) is 0 Å². The number of hydrogen-bond donors (Lipinski definition) is 4. The van der Waals surface area contributed by atoms with Gasteiger partial charge in [0.25, 0.3) is 0 Å². The van der Waals surface area contributed by atoms with Gasteiger partial charge in [0, 0.05) is 12.3 Å². The maximum atomic E-state index is 10.2. The van der Waals surface area contributed by atoms with Gasteiger partial charge in [-0.3, -0.25) is 0 Å². The van der Waals surface area contributed by atoms with E-state index in [1.165, 1.54) is 0 Å². The van der Waals surface area contributed by atoms with E-state index in [0.29, 0.717) is 11.4 Å². The minimum absolute atomic E-state index is 0. The second-order valence-corrected chi connectivity index (χ2v) is 5.45. The van der Waals surface area contributed by atoms with Gasteiger partial charge in [-0.05, 0) is 11.4 Å². The first-order valence-electron chi connectivity index (χ1n) is 2.54. The minimum Gasteiger partial charge on any atom is -0.391 e. The van der Waals surface area contributed by atoms with Crippen LogP contribution in [-0.4, -0.2) is 33.3 Å². The molecule has 0 saturated heterocycles. The van der Waals surface area contributed by atoms with Crippen LogP contribution in [-0.2, 0) is 4.57 Å². The minimum atomic E-state index is -4.03. The topological polar surface area (TPSA) is 104 Å². The number of hydrogen-bond acceptors (Lipinski definition) is 4. The number of aliphatic hydroxyl groups is 1. The van der Waals surface area contributed by atoms with Gasteiger partial charge in [-0.2, -0.15) is 0 Å². The van der Waals surface area contributed by atoms with Gasteiger partial charge in [0.1, 0.15) is 0 Å². The van der Waals surface area contributed by atoms with Crippen molar-refractivity contribution in [3.8, 4) is 0 Å². The number of nitrogens with two attached hydrogens (primary N) is 1. The number of aliphatic hydroxyl groups excluding tert-OH is 1. The second kappa shape index (κ2) is 6.88. The van der Waals surface area contributed by atoms with Gasteiger partial charge in [0.05, 0.1) is 6.10 Å². The van der Waals surface area contributed by atoms with E-state index >= 15 is 0 Å². The van der Waals surface area contributed by atoms with Crippen molar-refractivity contribution in [1.82, 2.24) is 0 Å². The molecule has 0 radical (unpaired) electrons. The SMILES string of the molecule is NCC(O)CSP(=O)(O)O.[Na+]. The van der Waals surface area contributed by atoms with Crippen LogP contribution in [0, 0.1) is 0 Å². The molecule has 0 amide bonds. The molecule has 0 aromatic rings. The van der Waals surface area contributed by atoms with Gasteiger partial charge in [-0.25, -0.2) is 4.57 Å². The average Bonchev–Trinajstić information content (AvgIpc) is 1.81. The first kappa shape index (κ1) is 14.9. The van der Waals surface area contributed by atoms with Crippen LogP contribution in [0.3, 0.4) is 0 Å². The molecule has 0 bridgehead atoms. The zero-order valence-corrected chi connectivity index (χ0v) is 9.89. The van der Waals surface area contributed by atoms with Crippen LogP contribution >= 0.6 is 18.2 Å². The predicted octanol–water partition coefficient (Wildman–Crippen LogP) is -3.86. The Bertz CT molecular complexity index is 141. The maximum absolute atomic E-state index is 10.2. The third kappa shape index (κ3) is 11.4. The molecule has 0 heterocycles. The second-order valence-electron chi connectivity index (χ2n) is 1.68. The third-order valence-corrected chi connectivity index (χ3v) is 3.03. The maximum Gasteiger partial charge on any atom is 1.00 e. The Balaban J connectivity index is 0. The van der Waals surface area contributed by atoms with E-state index in [4.69, 9.17) is 20.6 Å². The summed E-state index contributed by atoms with van der Waals surface area (Å²) in [5, 5.41) is 8.73. The fourth-order valence-electron chi connectivity index (χ4n) is 0.251. The van der Waals surface area contributed by atoms with Gasteiger partial charge in [-0.1, -0.05) is 0 Å². The summed E-state index contributed by atoms with van der Waals surface area (Å²) in [5.74, 6) is -0.0270. The summed E-state index contributed by atoms with van der Waals surface area (Å²) in [4.78, 5) is 16.6.